The number of aryl methyl sites for hydroxylation is 1. The van der Waals surface area contributed by atoms with Crippen LogP contribution in [0, 0.1) is 5.92 Å². The minimum Gasteiger partial charge on any atom is -0.357 e. The zero-order valence-electron chi connectivity index (χ0n) is 16.4. The van der Waals surface area contributed by atoms with Crippen molar-refractivity contribution in [2.24, 2.45) is 18.0 Å². The molecule has 0 aromatic carbocycles. The molecular weight excluding hydrogens is 362 g/mol. The van der Waals surface area contributed by atoms with Gasteiger partial charge < -0.3 is 15.5 Å². The Hall–Kier alpha value is -1.77. The molecule has 1 aliphatic heterocycles. The van der Waals surface area contributed by atoms with E-state index in [9.17, 15) is 4.79 Å². The SMILES string of the molecule is CCNC(=NCc1ncnn1C)NC1CCC(C(=O)N2CCSCC2)CC1. The molecule has 3 rings (SSSR count). The first kappa shape index (κ1) is 20.0. The highest BCUT2D eigenvalue weighted by Crippen LogP contribution is 2.27. The van der Waals surface area contributed by atoms with Gasteiger partial charge in [0.15, 0.2) is 5.96 Å². The molecule has 1 aliphatic carbocycles. The van der Waals surface area contributed by atoms with Gasteiger partial charge in [-0.1, -0.05) is 0 Å². The molecule has 27 heavy (non-hydrogen) atoms. The number of hydrogen-bond donors (Lipinski definition) is 2. The van der Waals surface area contributed by atoms with Gasteiger partial charge in [-0.25, -0.2) is 9.98 Å². The zero-order chi connectivity index (χ0) is 19.1. The van der Waals surface area contributed by atoms with Crippen LogP contribution in [0.3, 0.4) is 0 Å². The molecule has 2 N–H and O–H groups in total. The molecule has 1 amide bonds. The maximum absolute atomic E-state index is 12.7. The number of guanidine groups is 1. The third-order valence-corrected chi connectivity index (χ3v) is 6.21. The Labute approximate surface area is 165 Å². The van der Waals surface area contributed by atoms with E-state index >= 15 is 0 Å². The van der Waals surface area contributed by atoms with Gasteiger partial charge in [0.05, 0.1) is 0 Å². The number of rotatable bonds is 5. The Morgan fingerprint density at radius 3 is 2.67 bits per heavy atom. The lowest BCUT2D eigenvalue weighted by atomic mass is 9.85. The second kappa shape index (κ2) is 9.96. The average molecular weight is 394 g/mol. The van der Waals surface area contributed by atoms with Crippen molar-refractivity contribution in [2.45, 2.75) is 45.2 Å². The number of carbonyl (C=O) groups excluding carboxylic acids is 1. The Morgan fingerprint density at radius 1 is 1.30 bits per heavy atom. The highest BCUT2D eigenvalue weighted by Gasteiger charge is 2.30. The number of hydrogen-bond acceptors (Lipinski definition) is 5. The van der Waals surface area contributed by atoms with Crippen LogP contribution in [-0.4, -0.2) is 68.7 Å². The quantitative estimate of drug-likeness (QED) is 0.573. The maximum atomic E-state index is 12.7. The molecule has 2 fully saturated rings. The smallest absolute Gasteiger partial charge is 0.225 e. The van der Waals surface area contributed by atoms with E-state index in [1.165, 1.54) is 0 Å². The highest BCUT2D eigenvalue weighted by atomic mass is 32.2. The second-order valence-electron chi connectivity index (χ2n) is 7.13. The van der Waals surface area contributed by atoms with E-state index in [-0.39, 0.29) is 5.92 Å². The number of carbonyl (C=O) groups is 1. The first-order chi connectivity index (χ1) is 13.2. The summed E-state index contributed by atoms with van der Waals surface area (Å²) in [7, 11) is 1.87. The molecule has 9 heteroatoms. The first-order valence-electron chi connectivity index (χ1n) is 9.91. The minimum atomic E-state index is 0.198. The third kappa shape index (κ3) is 5.60. The summed E-state index contributed by atoms with van der Waals surface area (Å²) in [4.78, 5) is 23.6. The second-order valence-corrected chi connectivity index (χ2v) is 8.35. The molecule has 1 saturated heterocycles. The molecule has 0 spiro atoms. The third-order valence-electron chi connectivity index (χ3n) is 5.27. The summed E-state index contributed by atoms with van der Waals surface area (Å²) in [5.74, 6) is 4.37. The number of aromatic nitrogens is 3. The Bertz CT molecular complexity index is 633. The summed E-state index contributed by atoms with van der Waals surface area (Å²) in [6, 6.07) is 0.364. The summed E-state index contributed by atoms with van der Waals surface area (Å²) in [5.41, 5.74) is 0. The van der Waals surface area contributed by atoms with E-state index in [0.717, 1.165) is 68.6 Å². The molecule has 2 aliphatic rings. The first-order valence-corrected chi connectivity index (χ1v) is 11.1. The lowest BCUT2D eigenvalue weighted by Gasteiger charge is -2.34. The van der Waals surface area contributed by atoms with Crippen molar-refractivity contribution in [3.63, 3.8) is 0 Å². The van der Waals surface area contributed by atoms with Crippen molar-refractivity contribution >= 4 is 23.6 Å². The summed E-state index contributed by atoms with van der Waals surface area (Å²) in [6.45, 7) is 5.20. The van der Waals surface area contributed by atoms with Crippen molar-refractivity contribution in [3.05, 3.63) is 12.2 Å². The van der Waals surface area contributed by atoms with Crippen molar-refractivity contribution in [1.82, 2.24) is 30.3 Å². The number of aliphatic imine (C=N–C) groups is 1. The lowest BCUT2D eigenvalue weighted by Crippen LogP contribution is -2.47. The number of nitrogens with zero attached hydrogens (tertiary/aromatic N) is 5. The van der Waals surface area contributed by atoms with Gasteiger partial charge in [-0.3, -0.25) is 9.48 Å². The van der Waals surface area contributed by atoms with E-state index in [0.29, 0.717) is 18.5 Å². The van der Waals surface area contributed by atoms with Crippen molar-refractivity contribution < 1.29 is 4.79 Å². The van der Waals surface area contributed by atoms with Gasteiger partial charge in [0.25, 0.3) is 0 Å². The summed E-state index contributed by atoms with van der Waals surface area (Å²) in [5, 5.41) is 10.9. The Balaban J connectivity index is 1.48. The largest absolute Gasteiger partial charge is 0.357 e. The predicted molar refractivity (Wildman–Crippen MR) is 109 cm³/mol. The fraction of sp³-hybridized carbons (Fsp3) is 0.778. The molecule has 1 aromatic rings. The molecule has 0 radical (unpaired) electrons. The molecule has 2 heterocycles. The van der Waals surface area contributed by atoms with E-state index < -0.39 is 0 Å². The molecule has 0 atom stereocenters. The van der Waals surface area contributed by atoms with Gasteiger partial charge in [0.1, 0.15) is 18.7 Å². The standard InChI is InChI=1S/C18H31N7OS/c1-3-19-18(20-12-16-21-13-22-24(16)2)23-15-6-4-14(5-7-15)17(26)25-8-10-27-11-9-25/h13-15H,3-12H2,1-2H3,(H2,19,20,23). The topological polar surface area (TPSA) is 87.4 Å². The van der Waals surface area contributed by atoms with E-state index in [1.807, 2.05) is 18.8 Å². The summed E-state index contributed by atoms with van der Waals surface area (Å²) >= 11 is 1.95. The average Bonchev–Trinajstić information content (AvgIpc) is 3.12. The normalized spacial score (nSPS) is 23.9. The summed E-state index contributed by atoms with van der Waals surface area (Å²) in [6.07, 6.45) is 5.48. The molecule has 0 unspecified atom stereocenters. The van der Waals surface area contributed by atoms with Crippen molar-refractivity contribution in [2.75, 3.05) is 31.1 Å². The van der Waals surface area contributed by atoms with E-state index in [2.05, 4.69) is 37.5 Å². The lowest BCUT2D eigenvalue weighted by molar-refractivity contribution is -0.136. The van der Waals surface area contributed by atoms with Crippen LogP contribution in [0.2, 0.25) is 0 Å². The van der Waals surface area contributed by atoms with Crippen molar-refractivity contribution in [3.8, 4) is 0 Å². The van der Waals surface area contributed by atoms with Gasteiger partial charge in [0, 0.05) is 50.1 Å². The molecule has 1 saturated carbocycles. The van der Waals surface area contributed by atoms with Gasteiger partial charge in [-0.15, -0.1) is 0 Å². The fourth-order valence-electron chi connectivity index (χ4n) is 3.65. The highest BCUT2D eigenvalue weighted by molar-refractivity contribution is 7.99. The van der Waals surface area contributed by atoms with Gasteiger partial charge in [-0.2, -0.15) is 16.9 Å². The van der Waals surface area contributed by atoms with Gasteiger partial charge >= 0.3 is 0 Å². The molecular formula is C18H31N7OS. The van der Waals surface area contributed by atoms with Crippen LogP contribution in [0.25, 0.3) is 0 Å². The number of nitrogens with one attached hydrogen (secondary N) is 2. The Kier molecular flexibility index (Phi) is 7.37. The molecule has 8 nitrogen and oxygen atoms in total. The van der Waals surface area contributed by atoms with Crippen LogP contribution >= 0.6 is 11.8 Å². The van der Waals surface area contributed by atoms with Crippen LogP contribution in [0.15, 0.2) is 11.3 Å². The van der Waals surface area contributed by atoms with Crippen molar-refractivity contribution in [1.29, 1.82) is 0 Å². The molecule has 0 bridgehead atoms. The van der Waals surface area contributed by atoms with Crippen LogP contribution in [0.4, 0.5) is 0 Å². The Morgan fingerprint density at radius 2 is 2.04 bits per heavy atom. The van der Waals surface area contributed by atoms with Crippen LogP contribution in [-0.2, 0) is 18.4 Å². The monoisotopic (exact) mass is 393 g/mol. The number of amides is 1. The fourth-order valence-corrected chi connectivity index (χ4v) is 4.56. The molecule has 150 valence electrons. The maximum Gasteiger partial charge on any atom is 0.225 e. The van der Waals surface area contributed by atoms with E-state index in [1.54, 1.807) is 11.0 Å². The summed E-state index contributed by atoms with van der Waals surface area (Å²) < 4.78 is 1.74. The van der Waals surface area contributed by atoms with Crippen LogP contribution in [0.5, 0.6) is 0 Å². The van der Waals surface area contributed by atoms with Crippen LogP contribution < -0.4 is 10.6 Å². The number of thioether (sulfide) groups is 1. The predicted octanol–water partition coefficient (Wildman–Crippen LogP) is 1.00. The zero-order valence-corrected chi connectivity index (χ0v) is 17.2. The van der Waals surface area contributed by atoms with E-state index in [4.69, 9.17) is 0 Å². The molecule has 1 aromatic heterocycles. The van der Waals surface area contributed by atoms with Crippen LogP contribution in [0.1, 0.15) is 38.4 Å². The van der Waals surface area contributed by atoms with Gasteiger partial charge in [-0.05, 0) is 32.6 Å². The minimum absolute atomic E-state index is 0.198. The van der Waals surface area contributed by atoms with Gasteiger partial charge in [0.2, 0.25) is 5.91 Å².